The predicted octanol–water partition coefficient (Wildman–Crippen LogP) is 3.93. The van der Waals surface area contributed by atoms with E-state index in [2.05, 4.69) is 44.0 Å². The van der Waals surface area contributed by atoms with Gasteiger partial charge in [0.2, 0.25) is 0 Å². The molecule has 2 aromatic carbocycles. The molecule has 6 nitrogen and oxygen atoms in total. The van der Waals surface area contributed by atoms with Crippen LogP contribution >= 0.6 is 11.3 Å². The Hall–Kier alpha value is -3.03. The molecule has 0 aliphatic carbocycles. The molecule has 0 bridgehead atoms. The number of hydrogen-bond acceptors (Lipinski definition) is 6. The average molecular weight is 392 g/mol. The Kier molecular flexibility index (Phi) is 5.75. The molecule has 28 heavy (non-hydrogen) atoms. The molecule has 0 amide bonds. The lowest BCUT2D eigenvalue weighted by Gasteiger charge is -2.22. The number of methoxy groups -OCH3 is 1. The van der Waals surface area contributed by atoms with Crippen LogP contribution in [0.4, 0.5) is 0 Å². The number of hydrogen-bond donors (Lipinski definition) is 0. The maximum atomic E-state index is 5.54. The summed E-state index contributed by atoms with van der Waals surface area (Å²) in [6, 6.07) is 22.3. The molecule has 0 N–H and O–H groups in total. The highest BCUT2D eigenvalue weighted by Crippen LogP contribution is 2.23. The van der Waals surface area contributed by atoms with Gasteiger partial charge in [-0.05, 0) is 40.1 Å². The number of benzene rings is 2. The summed E-state index contributed by atoms with van der Waals surface area (Å²) in [5, 5.41) is 14.5. The van der Waals surface area contributed by atoms with Crippen LogP contribution in [0.3, 0.4) is 0 Å². The molecule has 142 valence electrons. The number of nitrogens with zero attached hydrogens (tertiary/aromatic N) is 5. The third kappa shape index (κ3) is 4.27. The molecule has 0 unspecified atom stereocenters. The van der Waals surface area contributed by atoms with Crippen LogP contribution in [-0.2, 0) is 19.6 Å². The first-order valence-electron chi connectivity index (χ1n) is 9.03. The number of ether oxygens (including phenoxy) is 1. The zero-order valence-corrected chi connectivity index (χ0v) is 16.4. The Morgan fingerprint density at radius 3 is 2.54 bits per heavy atom. The van der Waals surface area contributed by atoms with Crippen molar-refractivity contribution in [3.63, 3.8) is 0 Å². The van der Waals surface area contributed by atoms with Crippen LogP contribution in [0, 0.1) is 0 Å². The van der Waals surface area contributed by atoms with E-state index in [1.807, 2.05) is 48.5 Å². The van der Waals surface area contributed by atoms with Gasteiger partial charge in [-0.15, -0.1) is 16.4 Å². The third-order valence-electron chi connectivity index (χ3n) is 4.45. The largest absolute Gasteiger partial charge is 0.496 e. The predicted molar refractivity (Wildman–Crippen MR) is 109 cm³/mol. The zero-order chi connectivity index (χ0) is 19.2. The van der Waals surface area contributed by atoms with Crippen molar-refractivity contribution in [2.75, 3.05) is 7.11 Å². The normalized spacial score (nSPS) is 11.1. The van der Waals surface area contributed by atoms with Crippen molar-refractivity contribution in [1.82, 2.24) is 25.1 Å². The van der Waals surface area contributed by atoms with Gasteiger partial charge >= 0.3 is 0 Å². The number of para-hydroxylation sites is 2. The molecule has 0 fully saturated rings. The molecule has 0 aliphatic rings. The van der Waals surface area contributed by atoms with E-state index in [1.165, 1.54) is 4.88 Å². The monoisotopic (exact) mass is 391 g/mol. The van der Waals surface area contributed by atoms with Crippen molar-refractivity contribution in [2.24, 2.45) is 0 Å². The lowest BCUT2D eigenvalue weighted by Crippen LogP contribution is -2.24. The third-order valence-corrected chi connectivity index (χ3v) is 5.31. The van der Waals surface area contributed by atoms with Gasteiger partial charge in [0.1, 0.15) is 5.75 Å². The summed E-state index contributed by atoms with van der Waals surface area (Å²) in [6.45, 7) is 2.18. The fraction of sp³-hybridized carbons (Fsp3) is 0.190. The molecule has 4 rings (SSSR count). The highest BCUT2D eigenvalue weighted by molar-refractivity contribution is 7.09. The Morgan fingerprint density at radius 2 is 1.75 bits per heavy atom. The molecule has 0 saturated carbocycles. The molecular formula is C21H21N5OS. The lowest BCUT2D eigenvalue weighted by molar-refractivity contribution is 0.237. The summed E-state index contributed by atoms with van der Waals surface area (Å²) in [7, 11) is 1.71. The van der Waals surface area contributed by atoms with E-state index in [-0.39, 0.29) is 0 Å². The second-order valence-corrected chi connectivity index (χ2v) is 7.41. The summed E-state index contributed by atoms with van der Waals surface area (Å²) in [5.41, 5.74) is 2.09. The van der Waals surface area contributed by atoms with E-state index in [9.17, 15) is 0 Å². The van der Waals surface area contributed by atoms with Crippen LogP contribution < -0.4 is 4.74 Å². The first-order valence-corrected chi connectivity index (χ1v) is 9.91. The second-order valence-electron chi connectivity index (χ2n) is 6.38. The number of tetrazole rings is 1. The van der Waals surface area contributed by atoms with E-state index in [0.29, 0.717) is 6.54 Å². The van der Waals surface area contributed by atoms with Gasteiger partial charge in [-0.3, -0.25) is 4.90 Å². The van der Waals surface area contributed by atoms with Crippen LogP contribution in [0.1, 0.15) is 16.3 Å². The smallest absolute Gasteiger partial charge is 0.170 e. The maximum Gasteiger partial charge on any atom is 0.170 e. The van der Waals surface area contributed by atoms with E-state index < -0.39 is 0 Å². The Labute approximate surface area is 168 Å². The SMILES string of the molecule is COc1ccccc1CN(Cc1cccs1)Cc1nnnn1-c1ccccc1. The summed E-state index contributed by atoms with van der Waals surface area (Å²) in [6.07, 6.45) is 0. The van der Waals surface area contributed by atoms with Crippen molar-refractivity contribution in [3.05, 3.63) is 88.4 Å². The van der Waals surface area contributed by atoms with Crippen molar-refractivity contribution < 1.29 is 4.74 Å². The molecule has 2 aromatic heterocycles. The van der Waals surface area contributed by atoms with Crippen LogP contribution in [0.25, 0.3) is 5.69 Å². The Morgan fingerprint density at radius 1 is 0.929 bits per heavy atom. The summed E-state index contributed by atoms with van der Waals surface area (Å²) in [4.78, 5) is 3.63. The lowest BCUT2D eigenvalue weighted by atomic mass is 10.2. The topological polar surface area (TPSA) is 56.1 Å². The Bertz CT molecular complexity index is 1000. The molecule has 0 radical (unpaired) electrons. The minimum atomic E-state index is 0.623. The summed E-state index contributed by atoms with van der Waals surface area (Å²) in [5.74, 6) is 1.69. The zero-order valence-electron chi connectivity index (χ0n) is 15.6. The van der Waals surface area contributed by atoms with Crippen LogP contribution in [0.15, 0.2) is 72.1 Å². The number of aromatic nitrogens is 4. The standard InChI is InChI=1S/C21H21N5OS/c1-27-20-12-6-5-8-17(20)14-25(15-19-11-7-13-28-19)16-21-22-23-24-26(21)18-9-3-2-4-10-18/h2-13H,14-16H2,1H3. The van der Waals surface area contributed by atoms with Gasteiger partial charge in [-0.2, -0.15) is 4.68 Å². The number of rotatable bonds is 8. The quantitative estimate of drug-likeness (QED) is 0.455. The van der Waals surface area contributed by atoms with Gasteiger partial charge in [0, 0.05) is 23.5 Å². The highest BCUT2D eigenvalue weighted by atomic mass is 32.1. The summed E-state index contributed by atoms with van der Waals surface area (Å²) >= 11 is 1.75. The number of thiophene rings is 1. The molecule has 0 saturated heterocycles. The first kappa shape index (κ1) is 18.3. The minimum Gasteiger partial charge on any atom is -0.496 e. The molecule has 0 aliphatic heterocycles. The molecule has 2 heterocycles. The van der Waals surface area contributed by atoms with E-state index in [0.717, 1.165) is 35.9 Å². The van der Waals surface area contributed by atoms with Gasteiger partial charge in [0.05, 0.1) is 19.3 Å². The maximum absolute atomic E-state index is 5.54. The van der Waals surface area contributed by atoms with Gasteiger partial charge in [-0.1, -0.05) is 42.5 Å². The van der Waals surface area contributed by atoms with Gasteiger partial charge in [0.25, 0.3) is 0 Å². The molecular weight excluding hydrogens is 370 g/mol. The van der Waals surface area contributed by atoms with Crippen molar-refractivity contribution in [1.29, 1.82) is 0 Å². The van der Waals surface area contributed by atoms with Gasteiger partial charge in [0.15, 0.2) is 5.82 Å². The van der Waals surface area contributed by atoms with Crippen LogP contribution in [-0.4, -0.2) is 32.2 Å². The Balaban J connectivity index is 1.61. The average Bonchev–Trinajstić information content (AvgIpc) is 3.41. The first-order chi connectivity index (χ1) is 13.8. The molecule has 4 aromatic rings. The van der Waals surface area contributed by atoms with E-state index >= 15 is 0 Å². The second kappa shape index (κ2) is 8.77. The van der Waals surface area contributed by atoms with Crippen molar-refractivity contribution in [3.8, 4) is 11.4 Å². The summed E-state index contributed by atoms with van der Waals surface area (Å²) < 4.78 is 7.34. The van der Waals surface area contributed by atoms with Gasteiger partial charge in [-0.25, -0.2) is 0 Å². The molecule has 7 heteroatoms. The molecule has 0 spiro atoms. The van der Waals surface area contributed by atoms with Crippen molar-refractivity contribution in [2.45, 2.75) is 19.6 Å². The van der Waals surface area contributed by atoms with Crippen LogP contribution in [0.5, 0.6) is 5.75 Å². The fourth-order valence-electron chi connectivity index (χ4n) is 3.14. The van der Waals surface area contributed by atoms with Crippen molar-refractivity contribution >= 4 is 11.3 Å². The van der Waals surface area contributed by atoms with E-state index in [4.69, 9.17) is 4.74 Å². The minimum absolute atomic E-state index is 0.623. The van der Waals surface area contributed by atoms with Gasteiger partial charge < -0.3 is 4.74 Å². The fourth-order valence-corrected chi connectivity index (χ4v) is 3.89. The van der Waals surface area contributed by atoms with E-state index in [1.54, 1.807) is 23.1 Å². The molecule has 0 atom stereocenters. The van der Waals surface area contributed by atoms with Crippen LogP contribution in [0.2, 0.25) is 0 Å². The highest BCUT2D eigenvalue weighted by Gasteiger charge is 2.16.